The van der Waals surface area contributed by atoms with Crippen molar-refractivity contribution in [1.82, 2.24) is 19.8 Å². The Bertz CT molecular complexity index is 2160. The number of aliphatic hydroxyl groups is 1. The molecule has 4 aromatic rings. The van der Waals surface area contributed by atoms with Gasteiger partial charge in [-0.05, 0) is 49.9 Å². The Hall–Kier alpha value is -4.04. The highest BCUT2D eigenvalue weighted by Crippen LogP contribution is 2.47. The summed E-state index contributed by atoms with van der Waals surface area (Å²) in [5, 5.41) is 21.0. The number of hydrogen-bond acceptors (Lipinski definition) is 10. The summed E-state index contributed by atoms with van der Waals surface area (Å²) >= 11 is 7.71. The van der Waals surface area contributed by atoms with Crippen molar-refractivity contribution in [2.75, 3.05) is 56.5 Å². The summed E-state index contributed by atoms with van der Waals surface area (Å²) < 4.78 is 79.4. The summed E-state index contributed by atoms with van der Waals surface area (Å²) in [6.07, 6.45) is -2.63. The zero-order chi connectivity index (χ0) is 36.7. The highest BCUT2D eigenvalue weighted by atomic mass is 35.5. The lowest BCUT2D eigenvalue weighted by Crippen LogP contribution is -2.63. The van der Waals surface area contributed by atoms with Crippen LogP contribution in [0.2, 0.25) is 5.02 Å². The topological polar surface area (TPSA) is 132 Å². The molecule has 0 aliphatic carbocycles. The number of aliphatic hydroxyl groups excluding tert-OH is 1. The van der Waals surface area contributed by atoms with Gasteiger partial charge in [0.15, 0.2) is 5.82 Å². The van der Waals surface area contributed by atoms with Gasteiger partial charge in [0, 0.05) is 60.9 Å². The Kier molecular flexibility index (Phi) is 8.63. The minimum Gasteiger partial charge on any atom is -0.461 e. The molecule has 3 N–H and O–H groups in total. The average molecular weight is 762 g/mol. The van der Waals surface area contributed by atoms with Crippen molar-refractivity contribution in [2.45, 2.75) is 56.3 Å². The Morgan fingerprint density at radius 3 is 2.75 bits per heavy atom. The summed E-state index contributed by atoms with van der Waals surface area (Å²) in [4.78, 5) is 26.2. The van der Waals surface area contributed by atoms with Gasteiger partial charge in [0.1, 0.15) is 41.0 Å². The third-order valence-electron chi connectivity index (χ3n) is 11.0. The molecule has 1 unspecified atom stereocenters. The molecular weight excluding hydrogens is 729 g/mol. The lowest BCUT2D eigenvalue weighted by atomic mass is 9.75. The second kappa shape index (κ2) is 12.8. The lowest BCUT2D eigenvalue weighted by Gasteiger charge is -2.51. The van der Waals surface area contributed by atoms with Crippen LogP contribution in [0.15, 0.2) is 18.2 Å². The standard InChI is InChI=1S/C35H33ClF5N7O3S/c36-22-8-20-27(26(39)25(22)19-2-3-23(38)28-24(19)21(11-42)30(43)52-28)44-33(51-16-35-5-1-6-48(35)12-17(37)9-35)45-31(20)46-7-4-18(49)10-34(13-46)14-47(15-34)32(50)29(40)41/h2-3,8,17-18,29,49H,1,4-7,9-10,12-16,43H2/t17-,18?,35+/m1/s1. The molecule has 52 heavy (non-hydrogen) atoms. The molecule has 17 heteroatoms. The van der Waals surface area contributed by atoms with Gasteiger partial charge in [-0.2, -0.15) is 24.0 Å². The second-order valence-corrected chi connectivity index (χ2v) is 15.9. The molecule has 4 saturated heterocycles. The number of likely N-dealkylation sites (tertiary alicyclic amines) is 1. The van der Waals surface area contributed by atoms with Crippen LogP contribution in [0.4, 0.5) is 32.8 Å². The number of benzene rings is 2. The van der Waals surface area contributed by atoms with Crippen molar-refractivity contribution < 1.29 is 36.6 Å². The molecular formula is C35H33ClF5N7O3S. The molecule has 4 fully saturated rings. The number of carbonyl (C=O) groups excluding carboxylic acids is 1. The van der Waals surface area contributed by atoms with Gasteiger partial charge in [0.05, 0.1) is 26.9 Å². The molecule has 4 aliphatic heterocycles. The molecule has 4 aliphatic rings. The quantitative estimate of drug-likeness (QED) is 0.231. The van der Waals surface area contributed by atoms with Crippen LogP contribution < -0.4 is 15.4 Å². The molecule has 0 saturated carbocycles. The molecule has 274 valence electrons. The van der Waals surface area contributed by atoms with Gasteiger partial charge in [-0.15, -0.1) is 11.3 Å². The van der Waals surface area contributed by atoms with Gasteiger partial charge in [-0.1, -0.05) is 17.7 Å². The van der Waals surface area contributed by atoms with Crippen molar-refractivity contribution in [3.8, 4) is 23.2 Å². The second-order valence-electron chi connectivity index (χ2n) is 14.5. The molecule has 2 aromatic heterocycles. The zero-order valence-corrected chi connectivity index (χ0v) is 29.2. The van der Waals surface area contributed by atoms with Crippen LogP contribution in [-0.4, -0.2) is 101 Å². The number of nitrogens with zero attached hydrogens (tertiary/aromatic N) is 6. The van der Waals surface area contributed by atoms with E-state index >= 15 is 4.39 Å². The van der Waals surface area contributed by atoms with E-state index in [0.29, 0.717) is 6.42 Å². The summed E-state index contributed by atoms with van der Waals surface area (Å²) in [6, 6.07) is 5.73. The van der Waals surface area contributed by atoms with E-state index in [-0.39, 0.29) is 118 Å². The fraction of sp³-hybridized carbons (Fsp3) is 0.486. The predicted octanol–water partition coefficient (Wildman–Crippen LogP) is 5.91. The van der Waals surface area contributed by atoms with Crippen LogP contribution >= 0.6 is 22.9 Å². The molecule has 3 atom stereocenters. The first-order valence-corrected chi connectivity index (χ1v) is 18.1. The molecule has 1 amide bonds. The van der Waals surface area contributed by atoms with E-state index in [1.807, 2.05) is 6.07 Å². The Morgan fingerprint density at radius 2 is 2.00 bits per heavy atom. The molecule has 1 spiro atoms. The van der Waals surface area contributed by atoms with Crippen LogP contribution in [0, 0.1) is 28.4 Å². The summed E-state index contributed by atoms with van der Waals surface area (Å²) in [6.45, 7) is 1.45. The maximum absolute atomic E-state index is 17.1. The minimum absolute atomic E-state index is 0.0102. The molecule has 0 bridgehead atoms. The normalized spacial score (nSPS) is 24.4. The third kappa shape index (κ3) is 5.67. The van der Waals surface area contributed by atoms with Crippen molar-refractivity contribution in [3.63, 3.8) is 0 Å². The first-order valence-electron chi connectivity index (χ1n) is 16.9. The maximum atomic E-state index is 17.1. The number of carbonyl (C=O) groups is 1. The zero-order valence-electron chi connectivity index (χ0n) is 27.6. The van der Waals surface area contributed by atoms with Crippen molar-refractivity contribution in [1.29, 1.82) is 5.26 Å². The SMILES string of the molecule is N#Cc1c(N)sc2c(F)ccc(-c3c(Cl)cc4c(N5CCC(O)CC6(CN(C(=O)C(F)F)C6)C5)nc(OC[C@@]56CCCN5C[C@H](F)C6)nc4c3F)c12. The number of hydrogen-bond donors (Lipinski definition) is 2. The largest absolute Gasteiger partial charge is 0.461 e. The van der Waals surface area contributed by atoms with Crippen LogP contribution in [0.5, 0.6) is 6.01 Å². The third-order valence-corrected chi connectivity index (χ3v) is 12.4. The fourth-order valence-electron chi connectivity index (χ4n) is 8.79. The van der Waals surface area contributed by atoms with E-state index in [1.54, 1.807) is 4.90 Å². The van der Waals surface area contributed by atoms with Crippen LogP contribution in [0.25, 0.3) is 32.1 Å². The number of nitriles is 1. The first kappa shape index (κ1) is 35.0. The molecule has 10 nitrogen and oxygen atoms in total. The Morgan fingerprint density at radius 1 is 1.21 bits per heavy atom. The highest BCUT2D eigenvalue weighted by molar-refractivity contribution is 7.23. The van der Waals surface area contributed by atoms with E-state index in [2.05, 4.69) is 9.88 Å². The number of fused-ring (bicyclic) bond motifs is 3. The number of rotatable bonds is 6. The van der Waals surface area contributed by atoms with Crippen molar-refractivity contribution in [2.24, 2.45) is 5.41 Å². The Balaban J connectivity index is 1.26. The van der Waals surface area contributed by atoms with Crippen LogP contribution in [-0.2, 0) is 4.79 Å². The number of halogens is 6. The number of amides is 1. The van der Waals surface area contributed by atoms with Gasteiger partial charge in [0.25, 0.3) is 5.91 Å². The van der Waals surface area contributed by atoms with Gasteiger partial charge in [-0.3, -0.25) is 9.69 Å². The number of nitrogens with two attached hydrogens (primary N) is 1. The highest BCUT2D eigenvalue weighted by Gasteiger charge is 2.51. The minimum atomic E-state index is -3.16. The van der Waals surface area contributed by atoms with E-state index < -0.39 is 47.2 Å². The summed E-state index contributed by atoms with van der Waals surface area (Å²) in [5.74, 6) is -2.62. The molecule has 6 heterocycles. The van der Waals surface area contributed by atoms with Gasteiger partial charge >= 0.3 is 12.4 Å². The maximum Gasteiger partial charge on any atom is 0.319 e. The number of alkyl halides is 3. The van der Waals surface area contributed by atoms with Gasteiger partial charge in [0.2, 0.25) is 0 Å². The van der Waals surface area contributed by atoms with Gasteiger partial charge in [-0.25, -0.2) is 13.2 Å². The number of nitrogen functional groups attached to an aromatic ring is 1. The lowest BCUT2D eigenvalue weighted by molar-refractivity contribution is -0.156. The van der Waals surface area contributed by atoms with Crippen molar-refractivity contribution in [3.05, 3.63) is 40.4 Å². The predicted molar refractivity (Wildman–Crippen MR) is 185 cm³/mol. The van der Waals surface area contributed by atoms with Crippen LogP contribution in [0.1, 0.15) is 37.7 Å². The van der Waals surface area contributed by atoms with E-state index in [0.717, 1.165) is 35.3 Å². The van der Waals surface area contributed by atoms with E-state index in [9.17, 15) is 32.7 Å². The molecule has 2 aromatic carbocycles. The Labute approximate surface area is 303 Å². The fourth-order valence-corrected chi connectivity index (χ4v) is 10.0. The molecule has 0 radical (unpaired) electrons. The monoisotopic (exact) mass is 761 g/mol. The smallest absolute Gasteiger partial charge is 0.319 e. The number of thiophene rings is 1. The van der Waals surface area contributed by atoms with E-state index in [4.69, 9.17) is 27.1 Å². The number of anilines is 2. The molecule has 8 rings (SSSR count). The van der Waals surface area contributed by atoms with Gasteiger partial charge < -0.3 is 25.4 Å². The first-order chi connectivity index (χ1) is 24.8. The van der Waals surface area contributed by atoms with E-state index in [1.165, 1.54) is 12.1 Å². The number of aromatic nitrogens is 2. The summed E-state index contributed by atoms with van der Waals surface area (Å²) in [7, 11) is 0. The average Bonchev–Trinajstić information content (AvgIpc) is 3.69. The van der Waals surface area contributed by atoms with Crippen LogP contribution in [0.3, 0.4) is 0 Å². The number of ether oxygens (including phenoxy) is 1. The summed E-state index contributed by atoms with van der Waals surface area (Å²) in [5.41, 5.74) is 4.49. The van der Waals surface area contributed by atoms with Crippen molar-refractivity contribution >= 4 is 60.7 Å².